The van der Waals surface area contributed by atoms with Crippen LogP contribution in [0.25, 0.3) is 0 Å². The molecular formula is C30H43N5O4. The number of ether oxygens (including phenoxy) is 1. The molecule has 9 heteroatoms. The fraction of sp³-hybridized carbons (Fsp3) is 0.600. The van der Waals surface area contributed by atoms with Crippen LogP contribution in [0.1, 0.15) is 63.1 Å². The number of hydrogen-bond acceptors (Lipinski definition) is 5. The zero-order valence-corrected chi connectivity index (χ0v) is 23.4. The van der Waals surface area contributed by atoms with Crippen molar-refractivity contribution in [1.82, 2.24) is 25.1 Å². The van der Waals surface area contributed by atoms with Crippen LogP contribution in [0.2, 0.25) is 0 Å². The van der Waals surface area contributed by atoms with E-state index in [0.717, 1.165) is 36.9 Å². The van der Waals surface area contributed by atoms with Crippen LogP contribution in [0.3, 0.4) is 0 Å². The lowest BCUT2D eigenvalue weighted by atomic mass is 9.63. The first-order valence-corrected chi connectivity index (χ1v) is 14.4. The number of amides is 3. The van der Waals surface area contributed by atoms with Crippen molar-refractivity contribution in [2.45, 2.75) is 70.8 Å². The maximum absolute atomic E-state index is 13.8. The first-order chi connectivity index (χ1) is 18.9. The number of carbonyl (C=O) groups is 3. The first kappa shape index (κ1) is 28.6. The fourth-order valence-corrected chi connectivity index (χ4v) is 6.24. The van der Waals surface area contributed by atoms with Gasteiger partial charge in [0.05, 0.1) is 18.3 Å². The Morgan fingerprint density at radius 2 is 1.82 bits per heavy atom. The van der Waals surface area contributed by atoms with E-state index in [0.29, 0.717) is 57.8 Å². The number of aromatic nitrogens is 2. The zero-order chi connectivity index (χ0) is 27.7. The molecule has 1 unspecified atom stereocenters. The van der Waals surface area contributed by atoms with Gasteiger partial charge in [0.15, 0.2) is 0 Å². The second kappa shape index (κ2) is 13.6. The van der Waals surface area contributed by atoms with Crippen molar-refractivity contribution >= 4 is 17.9 Å². The molecule has 2 fully saturated rings. The summed E-state index contributed by atoms with van der Waals surface area (Å²) >= 11 is 0. The van der Waals surface area contributed by atoms with Crippen molar-refractivity contribution in [1.29, 1.82) is 0 Å². The van der Waals surface area contributed by atoms with Gasteiger partial charge in [0.2, 0.25) is 5.91 Å². The maximum Gasteiger partial charge on any atom is 0.315 e. The minimum Gasteiger partial charge on any atom is -0.466 e. The Labute approximate surface area is 231 Å². The molecule has 1 aromatic heterocycles. The molecule has 1 saturated heterocycles. The number of nitrogens with one attached hydrogen (secondary N) is 2. The molecular weight excluding hydrogens is 494 g/mol. The minimum absolute atomic E-state index is 0.101. The highest BCUT2D eigenvalue weighted by molar-refractivity contribution is 5.88. The molecule has 2 N–H and O–H groups in total. The van der Waals surface area contributed by atoms with Crippen molar-refractivity contribution < 1.29 is 19.1 Å². The number of esters is 1. The summed E-state index contributed by atoms with van der Waals surface area (Å²) in [5.41, 5.74) is 1.48. The minimum atomic E-state index is -0.700. The van der Waals surface area contributed by atoms with Gasteiger partial charge in [-0.3, -0.25) is 9.59 Å². The second-order valence-electron chi connectivity index (χ2n) is 10.9. The molecule has 1 aromatic carbocycles. The second-order valence-corrected chi connectivity index (χ2v) is 10.9. The van der Waals surface area contributed by atoms with Crippen LogP contribution < -0.4 is 10.6 Å². The van der Waals surface area contributed by atoms with E-state index in [2.05, 4.69) is 15.6 Å². The van der Waals surface area contributed by atoms with Crippen LogP contribution in [0, 0.1) is 11.3 Å². The molecule has 2 heterocycles. The van der Waals surface area contributed by atoms with Gasteiger partial charge < -0.3 is 24.8 Å². The molecule has 4 rings (SSSR count). The predicted octanol–water partition coefficient (Wildman–Crippen LogP) is 3.63. The Morgan fingerprint density at radius 1 is 1.10 bits per heavy atom. The van der Waals surface area contributed by atoms with Crippen LogP contribution in [-0.4, -0.2) is 64.6 Å². The molecule has 0 radical (unpaired) electrons. The van der Waals surface area contributed by atoms with E-state index in [9.17, 15) is 14.4 Å². The number of benzene rings is 1. The van der Waals surface area contributed by atoms with Gasteiger partial charge in [-0.15, -0.1) is 0 Å². The largest absolute Gasteiger partial charge is 0.466 e. The van der Waals surface area contributed by atoms with Gasteiger partial charge in [0.1, 0.15) is 6.04 Å². The van der Waals surface area contributed by atoms with E-state index in [1.165, 1.54) is 6.42 Å². The van der Waals surface area contributed by atoms with Gasteiger partial charge in [-0.1, -0.05) is 49.6 Å². The van der Waals surface area contributed by atoms with Gasteiger partial charge in [0, 0.05) is 51.4 Å². The summed E-state index contributed by atoms with van der Waals surface area (Å²) in [4.78, 5) is 45.8. The number of urea groups is 1. The quantitative estimate of drug-likeness (QED) is 0.451. The standard InChI is InChI=1S/C30H43N5O4/c1-3-39-28(37)30(24-12-8-5-9-13-24)15-18-35(19-16-30)27(36)26(20-23-10-6-4-7-11-23)33-29(38)32-17-14-25-21-31-22-34(25)2/h4,6-7,10-11,21-22,24,26H,3,5,8-9,12-20H2,1-2H3,(H2,32,33,38). The summed E-state index contributed by atoms with van der Waals surface area (Å²) in [5, 5.41) is 5.81. The van der Waals surface area contributed by atoms with Gasteiger partial charge in [0.25, 0.3) is 0 Å². The highest BCUT2D eigenvalue weighted by Crippen LogP contribution is 2.46. The average Bonchev–Trinajstić information content (AvgIpc) is 3.37. The smallest absolute Gasteiger partial charge is 0.315 e. The van der Waals surface area contributed by atoms with Gasteiger partial charge in [-0.2, -0.15) is 0 Å². The van der Waals surface area contributed by atoms with E-state index in [-0.39, 0.29) is 17.9 Å². The Morgan fingerprint density at radius 3 is 2.46 bits per heavy atom. The predicted molar refractivity (Wildman–Crippen MR) is 149 cm³/mol. The molecule has 2 aliphatic rings. The Kier molecular flexibility index (Phi) is 10.0. The summed E-state index contributed by atoms with van der Waals surface area (Å²) in [6.07, 6.45) is 11.4. The number of nitrogens with zero attached hydrogens (tertiary/aromatic N) is 3. The highest BCUT2D eigenvalue weighted by Gasteiger charge is 2.49. The van der Waals surface area contributed by atoms with E-state index in [1.54, 1.807) is 12.5 Å². The van der Waals surface area contributed by atoms with Crippen LogP contribution in [0.4, 0.5) is 4.79 Å². The lowest BCUT2D eigenvalue weighted by molar-refractivity contribution is -0.166. The topological polar surface area (TPSA) is 106 Å². The summed E-state index contributed by atoms with van der Waals surface area (Å²) < 4.78 is 7.49. The monoisotopic (exact) mass is 537 g/mol. The molecule has 0 bridgehead atoms. The first-order valence-electron chi connectivity index (χ1n) is 14.4. The van der Waals surface area contributed by atoms with Crippen molar-refractivity contribution in [2.75, 3.05) is 26.2 Å². The number of hydrogen-bond donors (Lipinski definition) is 2. The maximum atomic E-state index is 13.8. The lowest BCUT2D eigenvalue weighted by Gasteiger charge is -2.46. The Hall–Kier alpha value is -3.36. The molecule has 212 valence electrons. The number of piperidine rings is 1. The van der Waals surface area contributed by atoms with Crippen LogP contribution in [-0.2, 0) is 34.2 Å². The summed E-state index contributed by atoms with van der Waals surface area (Å²) in [6, 6.07) is 8.66. The van der Waals surface area contributed by atoms with Crippen molar-refractivity contribution in [3.63, 3.8) is 0 Å². The molecule has 1 aliphatic heterocycles. The number of likely N-dealkylation sites (tertiary alicyclic amines) is 1. The molecule has 2 aromatic rings. The lowest BCUT2D eigenvalue weighted by Crippen LogP contribution is -2.56. The van der Waals surface area contributed by atoms with E-state index >= 15 is 0 Å². The molecule has 0 spiro atoms. The molecule has 39 heavy (non-hydrogen) atoms. The van der Waals surface area contributed by atoms with Gasteiger partial charge in [-0.25, -0.2) is 9.78 Å². The van der Waals surface area contributed by atoms with Crippen LogP contribution in [0.15, 0.2) is 42.9 Å². The molecule has 1 atom stereocenters. The van der Waals surface area contributed by atoms with Crippen LogP contribution >= 0.6 is 0 Å². The highest BCUT2D eigenvalue weighted by atomic mass is 16.5. The molecule has 1 aliphatic carbocycles. The fourth-order valence-electron chi connectivity index (χ4n) is 6.24. The SMILES string of the molecule is CCOC(=O)C1(C2CCCCC2)CCN(C(=O)C(Cc2ccccc2)NC(=O)NCCc2cncn2C)CC1. The summed E-state index contributed by atoms with van der Waals surface area (Å²) in [5.74, 6) is 0.100. The normalized spacial score (nSPS) is 18.3. The molecule has 9 nitrogen and oxygen atoms in total. The average molecular weight is 538 g/mol. The van der Waals surface area contributed by atoms with Crippen molar-refractivity contribution in [3.05, 3.63) is 54.1 Å². The number of rotatable bonds is 10. The number of aryl methyl sites for hydroxylation is 1. The van der Waals surface area contributed by atoms with Gasteiger partial charge in [-0.05, 0) is 44.1 Å². The third kappa shape index (κ3) is 7.19. The van der Waals surface area contributed by atoms with E-state index in [4.69, 9.17) is 4.74 Å². The van der Waals surface area contributed by atoms with E-state index in [1.807, 2.05) is 53.8 Å². The third-order valence-corrected chi connectivity index (χ3v) is 8.51. The van der Waals surface area contributed by atoms with Gasteiger partial charge >= 0.3 is 12.0 Å². The number of carbonyl (C=O) groups excluding carboxylic acids is 3. The van der Waals surface area contributed by atoms with Crippen molar-refractivity contribution in [2.24, 2.45) is 18.4 Å². The molecule has 3 amide bonds. The van der Waals surface area contributed by atoms with Crippen LogP contribution in [0.5, 0.6) is 0 Å². The zero-order valence-electron chi connectivity index (χ0n) is 23.4. The van der Waals surface area contributed by atoms with E-state index < -0.39 is 11.5 Å². The Bertz CT molecular complexity index is 1090. The Balaban J connectivity index is 1.41. The third-order valence-electron chi connectivity index (χ3n) is 8.51. The van der Waals surface area contributed by atoms with Crippen molar-refractivity contribution in [3.8, 4) is 0 Å². The number of imidazole rings is 1. The summed E-state index contributed by atoms with van der Waals surface area (Å²) in [7, 11) is 1.92. The molecule has 1 saturated carbocycles. The summed E-state index contributed by atoms with van der Waals surface area (Å²) in [6.45, 7) is 3.64.